The third kappa shape index (κ3) is 4.00. The molecule has 0 spiro atoms. The molecule has 2 rings (SSSR count). The van der Waals surface area contributed by atoms with Gasteiger partial charge in [0.25, 0.3) is 0 Å². The normalized spacial score (nSPS) is 12.4. The SMILES string of the molecule is O=S(=O)(NCc1ccc(C(F)(F)F)cc1)c1ccccc1Cl. The van der Waals surface area contributed by atoms with Crippen molar-refractivity contribution in [2.45, 2.75) is 17.6 Å². The van der Waals surface area contributed by atoms with Crippen molar-refractivity contribution in [2.24, 2.45) is 0 Å². The van der Waals surface area contributed by atoms with Crippen LogP contribution in [0.1, 0.15) is 11.1 Å². The zero-order chi connectivity index (χ0) is 16.4. The lowest BCUT2D eigenvalue weighted by molar-refractivity contribution is -0.137. The fourth-order valence-corrected chi connectivity index (χ4v) is 3.27. The largest absolute Gasteiger partial charge is 0.416 e. The molecule has 0 atom stereocenters. The molecule has 0 radical (unpaired) electrons. The van der Waals surface area contributed by atoms with E-state index in [4.69, 9.17) is 11.6 Å². The third-order valence-corrected chi connectivity index (χ3v) is 4.77. The maximum atomic E-state index is 12.4. The molecular formula is C14H11ClF3NO2S. The van der Waals surface area contributed by atoms with Gasteiger partial charge in [-0.2, -0.15) is 13.2 Å². The van der Waals surface area contributed by atoms with Crippen molar-refractivity contribution in [2.75, 3.05) is 0 Å². The predicted octanol–water partition coefficient (Wildman–Crippen LogP) is 3.84. The van der Waals surface area contributed by atoms with E-state index in [0.717, 1.165) is 12.1 Å². The Morgan fingerprint density at radius 2 is 1.59 bits per heavy atom. The second kappa shape index (κ2) is 6.28. The summed E-state index contributed by atoms with van der Waals surface area (Å²) >= 11 is 5.82. The molecule has 1 N–H and O–H groups in total. The maximum absolute atomic E-state index is 12.4. The summed E-state index contributed by atoms with van der Waals surface area (Å²) in [6.07, 6.45) is -4.42. The van der Waals surface area contributed by atoms with Crippen LogP contribution in [0.3, 0.4) is 0 Å². The molecule has 0 saturated heterocycles. The molecule has 0 heterocycles. The van der Waals surface area contributed by atoms with Crippen LogP contribution in [0.4, 0.5) is 13.2 Å². The first kappa shape index (κ1) is 16.8. The number of rotatable bonds is 4. The van der Waals surface area contributed by atoms with Crippen LogP contribution >= 0.6 is 11.6 Å². The highest BCUT2D eigenvalue weighted by Gasteiger charge is 2.29. The molecule has 0 aliphatic rings. The second-order valence-electron chi connectivity index (χ2n) is 4.45. The van der Waals surface area contributed by atoms with Gasteiger partial charge in [0.05, 0.1) is 10.6 Å². The maximum Gasteiger partial charge on any atom is 0.416 e. The minimum atomic E-state index is -4.42. The Bertz CT molecular complexity index is 758. The Balaban J connectivity index is 2.11. The third-order valence-electron chi connectivity index (χ3n) is 2.87. The standard InChI is InChI=1S/C14H11ClF3NO2S/c15-12-3-1-2-4-13(12)22(20,21)19-9-10-5-7-11(8-6-10)14(16,17)18/h1-8,19H,9H2. The molecule has 0 bridgehead atoms. The van der Waals surface area contributed by atoms with Gasteiger partial charge in [-0.3, -0.25) is 0 Å². The molecular weight excluding hydrogens is 339 g/mol. The number of sulfonamides is 1. The van der Waals surface area contributed by atoms with Gasteiger partial charge in [-0.15, -0.1) is 0 Å². The van der Waals surface area contributed by atoms with Crippen LogP contribution < -0.4 is 4.72 Å². The fraction of sp³-hybridized carbons (Fsp3) is 0.143. The van der Waals surface area contributed by atoms with Gasteiger partial charge >= 0.3 is 6.18 Å². The highest BCUT2D eigenvalue weighted by Crippen LogP contribution is 2.29. The van der Waals surface area contributed by atoms with Crippen LogP contribution in [-0.4, -0.2) is 8.42 Å². The van der Waals surface area contributed by atoms with Crippen molar-refractivity contribution in [3.63, 3.8) is 0 Å². The van der Waals surface area contributed by atoms with Crippen LogP contribution in [0.5, 0.6) is 0 Å². The van der Waals surface area contributed by atoms with Crippen molar-refractivity contribution in [3.05, 3.63) is 64.7 Å². The first-order chi connectivity index (χ1) is 10.2. The van der Waals surface area contributed by atoms with Crippen molar-refractivity contribution in [3.8, 4) is 0 Å². The van der Waals surface area contributed by atoms with E-state index in [2.05, 4.69) is 4.72 Å². The Kier molecular flexibility index (Phi) is 4.79. The van der Waals surface area contributed by atoms with E-state index in [0.29, 0.717) is 5.56 Å². The van der Waals surface area contributed by atoms with E-state index < -0.39 is 21.8 Å². The van der Waals surface area contributed by atoms with E-state index in [1.807, 2.05) is 0 Å². The predicted molar refractivity (Wildman–Crippen MR) is 76.9 cm³/mol. The molecule has 118 valence electrons. The molecule has 2 aromatic carbocycles. The van der Waals surface area contributed by atoms with Gasteiger partial charge in [-0.1, -0.05) is 35.9 Å². The highest BCUT2D eigenvalue weighted by molar-refractivity contribution is 7.89. The second-order valence-corrected chi connectivity index (χ2v) is 6.59. The Labute approximate surface area is 130 Å². The molecule has 8 heteroatoms. The van der Waals surface area contributed by atoms with E-state index in [9.17, 15) is 21.6 Å². The molecule has 0 aliphatic carbocycles. The molecule has 2 aromatic rings. The van der Waals surface area contributed by atoms with E-state index in [-0.39, 0.29) is 16.5 Å². The molecule has 0 fully saturated rings. The van der Waals surface area contributed by atoms with Gasteiger partial charge in [0, 0.05) is 6.54 Å². The van der Waals surface area contributed by atoms with E-state index in [1.54, 1.807) is 6.07 Å². The van der Waals surface area contributed by atoms with Crippen molar-refractivity contribution < 1.29 is 21.6 Å². The van der Waals surface area contributed by atoms with Crippen molar-refractivity contribution in [1.29, 1.82) is 0 Å². The minimum Gasteiger partial charge on any atom is -0.207 e. The van der Waals surface area contributed by atoms with Crippen LogP contribution in [0, 0.1) is 0 Å². The Morgan fingerprint density at radius 3 is 2.14 bits per heavy atom. The molecule has 0 aromatic heterocycles. The van der Waals surface area contributed by atoms with Crippen LogP contribution in [0.2, 0.25) is 5.02 Å². The summed E-state index contributed by atoms with van der Waals surface area (Å²) < 4.78 is 63.8. The zero-order valence-electron chi connectivity index (χ0n) is 11.1. The summed E-state index contributed by atoms with van der Waals surface area (Å²) in [5, 5.41) is 0.0717. The molecule has 0 amide bonds. The lowest BCUT2D eigenvalue weighted by atomic mass is 10.1. The quantitative estimate of drug-likeness (QED) is 0.911. The molecule has 0 unspecified atom stereocenters. The zero-order valence-corrected chi connectivity index (χ0v) is 12.6. The summed E-state index contributed by atoms with van der Waals surface area (Å²) in [5.74, 6) is 0. The van der Waals surface area contributed by atoms with Gasteiger partial charge in [0.1, 0.15) is 4.90 Å². The van der Waals surface area contributed by atoms with Gasteiger partial charge < -0.3 is 0 Å². The van der Waals surface area contributed by atoms with E-state index >= 15 is 0 Å². The number of alkyl halides is 3. The molecule has 0 aliphatic heterocycles. The average Bonchev–Trinajstić information content (AvgIpc) is 2.45. The molecule has 22 heavy (non-hydrogen) atoms. The van der Waals surface area contributed by atoms with Gasteiger partial charge in [-0.25, -0.2) is 13.1 Å². The van der Waals surface area contributed by atoms with Gasteiger partial charge in [0.2, 0.25) is 10.0 Å². The lowest BCUT2D eigenvalue weighted by Gasteiger charge is -2.10. The first-order valence-electron chi connectivity index (χ1n) is 6.10. The lowest BCUT2D eigenvalue weighted by Crippen LogP contribution is -2.23. The fourth-order valence-electron chi connectivity index (χ4n) is 1.73. The number of benzene rings is 2. The summed E-state index contributed by atoms with van der Waals surface area (Å²) in [4.78, 5) is -0.0800. The summed E-state index contributed by atoms with van der Waals surface area (Å²) in [6.45, 7) is -0.133. The smallest absolute Gasteiger partial charge is 0.207 e. The Hall–Kier alpha value is -1.57. The summed E-state index contributed by atoms with van der Waals surface area (Å²) in [6, 6.07) is 10.1. The Morgan fingerprint density at radius 1 is 1.00 bits per heavy atom. The van der Waals surface area contributed by atoms with E-state index in [1.165, 1.54) is 30.3 Å². The van der Waals surface area contributed by atoms with Gasteiger partial charge in [0.15, 0.2) is 0 Å². The topological polar surface area (TPSA) is 46.2 Å². The number of nitrogens with one attached hydrogen (secondary N) is 1. The minimum absolute atomic E-state index is 0.0717. The highest BCUT2D eigenvalue weighted by atomic mass is 35.5. The van der Waals surface area contributed by atoms with Crippen LogP contribution in [0.15, 0.2) is 53.4 Å². The van der Waals surface area contributed by atoms with Gasteiger partial charge in [-0.05, 0) is 29.8 Å². The molecule has 3 nitrogen and oxygen atoms in total. The molecule has 0 saturated carbocycles. The monoisotopic (exact) mass is 349 g/mol. The van der Waals surface area contributed by atoms with Crippen LogP contribution in [-0.2, 0) is 22.7 Å². The number of halogens is 4. The number of hydrogen-bond acceptors (Lipinski definition) is 2. The van der Waals surface area contributed by atoms with Crippen LogP contribution in [0.25, 0.3) is 0 Å². The van der Waals surface area contributed by atoms with Crippen molar-refractivity contribution >= 4 is 21.6 Å². The van der Waals surface area contributed by atoms with Crippen molar-refractivity contribution in [1.82, 2.24) is 4.72 Å². The number of hydrogen-bond donors (Lipinski definition) is 1. The summed E-state index contributed by atoms with van der Waals surface area (Å²) in [7, 11) is -3.83. The average molecular weight is 350 g/mol. The summed E-state index contributed by atoms with van der Waals surface area (Å²) in [5.41, 5.74) is -0.381. The first-order valence-corrected chi connectivity index (χ1v) is 7.96.